The monoisotopic (exact) mass is 246 g/mol. The molecule has 0 aromatic heterocycles. The molecule has 1 aromatic rings. The van der Waals surface area contributed by atoms with Crippen molar-refractivity contribution in [1.29, 1.82) is 0 Å². The van der Waals surface area contributed by atoms with Crippen molar-refractivity contribution < 1.29 is 4.74 Å². The maximum Gasteiger partial charge on any atom is 0.0983 e. The minimum atomic E-state index is 0.0566. The highest BCUT2D eigenvalue weighted by Crippen LogP contribution is 2.30. The van der Waals surface area contributed by atoms with Crippen LogP contribution in [0.3, 0.4) is 0 Å². The third-order valence-corrected chi connectivity index (χ3v) is 4.10. The lowest BCUT2D eigenvalue weighted by atomic mass is 9.91. The van der Waals surface area contributed by atoms with Gasteiger partial charge in [0, 0.05) is 25.3 Å². The number of benzene rings is 1. The van der Waals surface area contributed by atoms with Gasteiger partial charge in [0.1, 0.15) is 0 Å². The summed E-state index contributed by atoms with van der Waals surface area (Å²) in [4.78, 5) is 4.88. The van der Waals surface area contributed by atoms with Crippen molar-refractivity contribution in [2.75, 3.05) is 44.7 Å². The van der Waals surface area contributed by atoms with E-state index in [1.54, 1.807) is 0 Å². The first kappa shape index (κ1) is 12.0. The molecule has 18 heavy (non-hydrogen) atoms. The molecular formula is C15H22N2O. The Bertz CT molecular complexity index is 391. The standard InChI is InChI=1S/C15H22N2O/c1-16-9-5-8-15(12-16)13-17(10-11-18-15)14-6-3-2-4-7-14/h2-4,6-7H,5,8-13H2,1H3. The van der Waals surface area contributed by atoms with E-state index in [1.807, 2.05) is 0 Å². The van der Waals surface area contributed by atoms with Crippen molar-refractivity contribution in [3.8, 4) is 0 Å². The largest absolute Gasteiger partial charge is 0.370 e. The smallest absolute Gasteiger partial charge is 0.0983 e. The van der Waals surface area contributed by atoms with Gasteiger partial charge in [-0.15, -0.1) is 0 Å². The Hall–Kier alpha value is -1.06. The van der Waals surface area contributed by atoms with E-state index < -0.39 is 0 Å². The molecule has 1 aromatic carbocycles. The van der Waals surface area contributed by atoms with Gasteiger partial charge in [0.05, 0.1) is 12.2 Å². The number of piperidine rings is 1. The summed E-state index contributed by atoms with van der Waals surface area (Å²) in [5.74, 6) is 0. The molecule has 2 fully saturated rings. The van der Waals surface area contributed by atoms with Crippen LogP contribution in [0.2, 0.25) is 0 Å². The number of hydrogen-bond donors (Lipinski definition) is 0. The number of likely N-dealkylation sites (tertiary alicyclic amines) is 1. The molecule has 2 heterocycles. The third-order valence-electron chi connectivity index (χ3n) is 4.10. The third kappa shape index (κ3) is 2.38. The lowest BCUT2D eigenvalue weighted by Gasteiger charge is -2.48. The Morgan fingerprint density at radius 1 is 1.11 bits per heavy atom. The predicted molar refractivity (Wildman–Crippen MR) is 74.1 cm³/mol. The van der Waals surface area contributed by atoms with Gasteiger partial charge in [-0.05, 0) is 38.6 Å². The molecule has 1 spiro atoms. The molecule has 1 unspecified atom stereocenters. The van der Waals surface area contributed by atoms with Gasteiger partial charge in [-0.3, -0.25) is 0 Å². The Labute approximate surface area is 109 Å². The highest BCUT2D eigenvalue weighted by atomic mass is 16.5. The number of rotatable bonds is 1. The number of ether oxygens (including phenoxy) is 1. The van der Waals surface area contributed by atoms with Crippen LogP contribution >= 0.6 is 0 Å². The Balaban J connectivity index is 1.75. The van der Waals surface area contributed by atoms with Gasteiger partial charge >= 0.3 is 0 Å². The fourth-order valence-electron chi connectivity index (χ4n) is 3.27. The Kier molecular flexibility index (Phi) is 3.27. The summed E-state index contributed by atoms with van der Waals surface area (Å²) >= 11 is 0. The highest BCUT2D eigenvalue weighted by molar-refractivity contribution is 5.46. The summed E-state index contributed by atoms with van der Waals surface area (Å²) in [5.41, 5.74) is 1.38. The minimum absolute atomic E-state index is 0.0566. The Morgan fingerprint density at radius 2 is 1.94 bits per heavy atom. The van der Waals surface area contributed by atoms with Crippen LogP contribution in [0.4, 0.5) is 5.69 Å². The molecule has 1 atom stereocenters. The second kappa shape index (κ2) is 4.90. The number of nitrogens with zero attached hydrogens (tertiary/aromatic N) is 2. The van der Waals surface area contributed by atoms with Crippen LogP contribution in [0.25, 0.3) is 0 Å². The van der Waals surface area contributed by atoms with E-state index in [4.69, 9.17) is 4.74 Å². The van der Waals surface area contributed by atoms with Crippen molar-refractivity contribution in [3.63, 3.8) is 0 Å². The molecule has 3 heteroatoms. The van der Waals surface area contributed by atoms with E-state index in [1.165, 1.54) is 25.1 Å². The molecule has 3 rings (SSSR count). The number of hydrogen-bond acceptors (Lipinski definition) is 3. The average Bonchev–Trinajstić information content (AvgIpc) is 2.39. The van der Waals surface area contributed by atoms with Crippen LogP contribution < -0.4 is 4.90 Å². The van der Waals surface area contributed by atoms with E-state index >= 15 is 0 Å². The Morgan fingerprint density at radius 3 is 2.72 bits per heavy atom. The molecule has 0 aliphatic carbocycles. The van der Waals surface area contributed by atoms with Crippen LogP contribution in [-0.4, -0.2) is 50.3 Å². The second-order valence-corrected chi connectivity index (χ2v) is 5.63. The van der Waals surface area contributed by atoms with Crippen LogP contribution in [0.1, 0.15) is 12.8 Å². The molecule has 2 aliphatic heterocycles. The quantitative estimate of drug-likeness (QED) is 0.753. The van der Waals surface area contributed by atoms with Gasteiger partial charge in [-0.2, -0.15) is 0 Å². The zero-order valence-corrected chi connectivity index (χ0v) is 11.1. The van der Waals surface area contributed by atoms with Crippen LogP contribution in [0.5, 0.6) is 0 Å². The van der Waals surface area contributed by atoms with Crippen LogP contribution in [0.15, 0.2) is 30.3 Å². The van der Waals surface area contributed by atoms with E-state index in [9.17, 15) is 0 Å². The molecule has 0 N–H and O–H groups in total. The SMILES string of the molecule is CN1CCCC2(C1)CN(c1ccccc1)CCO2. The minimum Gasteiger partial charge on any atom is -0.370 e. The zero-order valence-electron chi connectivity index (χ0n) is 11.1. The van der Waals surface area contributed by atoms with Crippen LogP contribution in [0, 0.1) is 0 Å². The summed E-state index contributed by atoms with van der Waals surface area (Å²) in [5, 5.41) is 0. The molecule has 0 radical (unpaired) electrons. The number of morpholine rings is 1. The van der Waals surface area contributed by atoms with Gasteiger partial charge in [0.25, 0.3) is 0 Å². The van der Waals surface area contributed by atoms with E-state index in [0.29, 0.717) is 0 Å². The number of anilines is 1. The summed E-state index contributed by atoms with van der Waals surface area (Å²) in [6.07, 6.45) is 2.44. The first-order valence-corrected chi connectivity index (χ1v) is 6.90. The first-order valence-electron chi connectivity index (χ1n) is 6.90. The lowest BCUT2D eigenvalue weighted by Crippen LogP contribution is -2.59. The van der Waals surface area contributed by atoms with Crippen molar-refractivity contribution in [2.24, 2.45) is 0 Å². The van der Waals surface area contributed by atoms with Crippen molar-refractivity contribution in [2.45, 2.75) is 18.4 Å². The maximum absolute atomic E-state index is 6.15. The lowest BCUT2D eigenvalue weighted by molar-refractivity contribution is -0.0926. The molecular weight excluding hydrogens is 224 g/mol. The molecule has 3 nitrogen and oxygen atoms in total. The zero-order chi connectivity index (χ0) is 12.4. The number of likely N-dealkylation sites (N-methyl/N-ethyl adjacent to an activating group) is 1. The maximum atomic E-state index is 6.15. The first-order chi connectivity index (χ1) is 8.77. The van der Waals surface area contributed by atoms with Gasteiger partial charge < -0.3 is 14.5 Å². The van der Waals surface area contributed by atoms with Gasteiger partial charge in [-0.25, -0.2) is 0 Å². The highest BCUT2D eigenvalue weighted by Gasteiger charge is 2.39. The van der Waals surface area contributed by atoms with Crippen LogP contribution in [-0.2, 0) is 4.74 Å². The second-order valence-electron chi connectivity index (χ2n) is 5.63. The van der Waals surface area contributed by atoms with Crippen molar-refractivity contribution in [1.82, 2.24) is 4.90 Å². The summed E-state index contributed by atoms with van der Waals surface area (Å²) in [7, 11) is 2.20. The van der Waals surface area contributed by atoms with Gasteiger partial charge in [0.15, 0.2) is 0 Å². The fraction of sp³-hybridized carbons (Fsp3) is 0.600. The summed E-state index contributed by atoms with van der Waals surface area (Å²) in [6, 6.07) is 10.7. The predicted octanol–water partition coefficient (Wildman–Crippen LogP) is 1.99. The molecule has 98 valence electrons. The van der Waals surface area contributed by atoms with Gasteiger partial charge in [-0.1, -0.05) is 18.2 Å². The van der Waals surface area contributed by atoms with Gasteiger partial charge in [0.2, 0.25) is 0 Å². The van der Waals surface area contributed by atoms with E-state index in [-0.39, 0.29) is 5.60 Å². The average molecular weight is 246 g/mol. The summed E-state index contributed by atoms with van der Waals surface area (Å²) in [6.45, 7) is 5.16. The fourth-order valence-corrected chi connectivity index (χ4v) is 3.27. The van der Waals surface area contributed by atoms with Crippen molar-refractivity contribution >= 4 is 5.69 Å². The van der Waals surface area contributed by atoms with Crippen molar-refractivity contribution in [3.05, 3.63) is 30.3 Å². The van der Waals surface area contributed by atoms with E-state index in [2.05, 4.69) is 47.2 Å². The topological polar surface area (TPSA) is 15.7 Å². The molecule has 0 amide bonds. The summed E-state index contributed by atoms with van der Waals surface area (Å²) < 4.78 is 6.15. The number of para-hydroxylation sites is 1. The molecule has 0 bridgehead atoms. The van der Waals surface area contributed by atoms with E-state index in [0.717, 1.165) is 26.2 Å². The molecule has 2 saturated heterocycles. The molecule has 0 saturated carbocycles. The molecule has 2 aliphatic rings. The normalized spacial score (nSPS) is 29.7.